The van der Waals surface area contributed by atoms with Crippen LogP contribution in [0.4, 0.5) is 4.79 Å². The Hall–Kier alpha value is -1.56. The minimum Gasteiger partial charge on any atom is -0.481 e. The lowest BCUT2D eigenvalue weighted by Gasteiger charge is -2.37. The minimum atomic E-state index is -0.827. The van der Waals surface area contributed by atoms with E-state index in [-0.39, 0.29) is 12.6 Å². The summed E-state index contributed by atoms with van der Waals surface area (Å²) in [4.78, 5) is 22.5. The smallest absolute Gasteiger partial charge is 0.314 e. The second-order valence-corrected chi connectivity index (χ2v) is 4.74. The fourth-order valence-electron chi connectivity index (χ4n) is 1.89. The van der Waals surface area contributed by atoms with Gasteiger partial charge in [-0.25, -0.2) is 4.79 Å². The van der Waals surface area contributed by atoms with E-state index in [1.54, 1.807) is 6.08 Å². The van der Waals surface area contributed by atoms with Crippen molar-refractivity contribution in [2.45, 2.75) is 25.7 Å². The molecule has 1 aliphatic rings. The third-order valence-electron chi connectivity index (χ3n) is 3.35. The van der Waals surface area contributed by atoms with Crippen LogP contribution in [0.5, 0.6) is 0 Å². The molecule has 0 spiro atoms. The number of urea groups is 1. The van der Waals surface area contributed by atoms with Crippen molar-refractivity contribution in [1.82, 2.24) is 10.6 Å². The number of ether oxygens (including phenoxy) is 1. The van der Waals surface area contributed by atoms with Gasteiger partial charge in [-0.15, -0.1) is 6.58 Å². The number of nitrogens with one attached hydrogen (secondary N) is 2. The molecule has 0 radical (unpaired) electrons. The molecule has 0 heterocycles. The summed E-state index contributed by atoms with van der Waals surface area (Å²) in [7, 11) is 0. The Kier molecular flexibility index (Phi) is 6.35. The van der Waals surface area contributed by atoms with Gasteiger partial charge >= 0.3 is 12.0 Å². The summed E-state index contributed by atoms with van der Waals surface area (Å²) in [5, 5.41) is 14.3. The third-order valence-corrected chi connectivity index (χ3v) is 3.35. The number of hydrogen-bond donors (Lipinski definition) is 3. The molecular formula is C13H22N2O4. The monoisotopic (exact) mass is 270 g/mol. The van der Waals surface area contributed by atoms with E-state index in [2.05, 4.69) is 17.2 Å². The summed E-state index contributed by atoms with van der Waals surface area (Å²) in [6.45, 7) is 5.19. The van der Waals surface area contributed by atoms with Gasteiger partial charge in [-0.2, -0.15) is 0 Å². The average molecular weight is 270 g/mol. The van der Waals surface area contributed by atoms with Gasteiger partial charge in [0.2, 0.25) is 0 Å². The highest BCUT2D eigenvalue weighted by Crippen LogP contribution is 2.40. The fraction of sp³-hybridized carbons (Fsp3) is 0.692. The first-order chi connectivity index (χ1) is 9.10. The summed E-state index contributed by atoms with van der Waals surface area (Å²) < 4.78 is 5.23. The van der Waals surface area contributed by atoms with Crippen LogP contribution in [0.3, 0.4) is 0 Å². The van der Waals surface area contributed by atoms with Gasteiger partial charge in [0, 0.05) is 13.1 Å². The Morgan fingerprint density at radius 2 is 2.05 bits per heavy atom. The highest BCUT2D eigenvalue weighted by atomic mass is 16.5. The van der Waals surface area contributed by atoms with E-state index < -0.39 is 11.4 Å². The number of hydrogen-bond acceptors (Lipinski definition) is 3. The lowest BCUT2D eigenvalue weighted by atomic mass is 9.69. The van der Waals surface area contributed by atoms with E-state index in [1.807, 2.05) is 0 Å². The van der Waals surface area contributed by atoms with E-state index in [1.165, 1.54) is 0 Å². The Morgan fingerprint density at radius 3 is 2.58 bits per heavy atom. The predicted octanol–water partition coefficient (Wildman–Crippen LogP) is 1.13. The molecule has 0 atom stereocenters. The van der Waals surface area contributed by atoms with Gasteiger partial charge in [-0.3, -0.25) is 4.79 Å². The minimum absolute atomic E-state index is 0.186. The molecule has 1 fully saturated rings. The normalized spacial score (nSPS) is 16.2. The van der Waals surface area contributed by atoms with Gasteiger partial charge in [0.05, 0.1) is 18.6 Å². The molecule has 0 unspecified atom stereocenters. The van der Waals surface area contributed by atoms with E-state index in [0.717, 1.165) is 12.8 Å². The lowest BCUT2D eigenvalue weighted by molar-refractivity contribution is -0.153. The van der Waals surface area contributed by atoms with E-state index in [9.17, 15) is 9.59 Å². The molecule has 1 rings (SSSR count). The van der Waals surface area contributed by atoms with Crippen LogP contribution in [0, 0.1) is 5.41 Å². The second kappa shape index (κ2) is 7.78. The van der Waals surface area contributed by atoms with Crippen LogP contribution >= 0.6 is 0 Å². The molecule has 1 saturated carbocycles. The summed E-state index contributed by atoms with van der Waals surface area (Å²) in [6, 6.07) is -0.347. The molecule has 6 nitrogen and oxygen atoms in total. The maximum Gasteiger partial charge on any atom is 0.314 e. The van der Waals surface area contributed by atoms with Crippen molar-refractivity contribution in [3.63, 3.8) is 0 Å². The average Bonchev–Trinajstić information content (AvgIpc) is 2.31. The molecule has 6 heteroatoms. The number of amides is 2. The summed E-state index contributed by atoms with van der Waals surface area (Å²) in [5.74, 6) is -0.827. The Labute approximate surface area is 113 Å². The zero-order chi connectivity index (χ0) is 14.1. The summed E-state index contributed by atoms with van der Waals surface area (Å²) in [5.41, 5.74) is -0.752. The molecule has 0 aromatic carbocycles. The third kappa shape index (κ3) is 4.90. The molecule has 1 aliphatic carbocycles. The molecule has 2 amide bonds. The predicted molar refractivity (Wildman–Crippen MR) is 71.0 cm³/mol. The van der Waals surface area contributed by atoms with Crippen LogP contribution in [0.25, 0.3) is 0 Å². The molecule has 0 aromatic rings. The zero-order valence-corrected chi connectivity index (χ0v) is 11.1. The van der Waals surface area contributed by atoms with Crippen LogP contribution in [-0.4, -0.2) is 43.4 Å². The largest absolute Gasteiger partial charge is 0.481 e. The van der Waals surface area contributed by atoms with Gasteiger partial charge in [-0.1, -0.05) is 12.5 Å². The Morgan fingerprint density at radius 1 is 1.32 bits per heavy atom. The van der Waals surface area contributed by atoms with Crippen molar-refractivity contribution in [1.29, 1.82) is 0 Å². The maximum absolute atomic E-state index is 11.5. The van der Waals surface area contributed by atoms with Crippen molar-refractivity contribution >= 4 is 12.0 Å². The van der Waals surface area contributed by atoms with Crippen molar-refractivity contribution in [3.05, 3.63) is 12.7 Å². The van der Waals surface area contributed by atoms with Gasteiger partial charge in [-0.05, 0) is 19.3 Å². The SMILES string of the molecule is C=CCCOCCNC(=O)NCC1(C(=O)O)CCC1. The summed E-state index contributed by atoms with van der Waals surface area (Å²) >= 11 is 0. The lowest BCUT2D eigenvalue weighted by Crippen LogP contribution is -2.50. The molecular weight excluding hydrogens is 248 g/mol. The maximum atomic E-state index is 11.5. The highest BCUT2D eigenvalue weighted by Gasteiger charge is 2.44. The van der Waals surface area contributed by atoms with Crippen LogP contribution in [0.1, 0.15) is 25.7 Å². The first-order valence-corrected chi connectivity index (χ1v) is 6.54. The first-order valence-electron chi connectivity index (χ1n) is 6.54. The standard InChI is InChI=1S/C13H22N2O4/c1-2-3-8-19-9-7-14-12(18)15-10-13(11(16)17)5-4-6-13/h2H,1,3-10H2,(H,16,17)(H2,14,15,18). The molecule has 0 bridgehead atoms. The molecule has 0 saturated heterocycles. The Bertz CT molecular complexity index is 327. The highest BCUT2D eigenvalue weighted by molar-refractivity contribution is 5.78. The van der Waals surface area contributed by atoms with Gasteiger partial charge in [0.25, 0.3) is 0 Å². The topological polar surface area (TPSA) is 87.7 Å². The number of carboxylic acids is 1. The van der Waals surface area contributed by atoms with Gasteiger partial charge < -0.3 is 20.5 Å². The summed E-state index contributed by atoms with van der Waals surface area (Å²) in [6.07, 6.45) is 4.73. The number of rotatable bonds is 9. The molecule has 3 N–H and O–H groups in total. The second-order valence-electron chi connectivity index (χ2n) is 4.74. The molecule has 0 aromatic heterocycles. The molecule has 108 valence electrons. The number of carbonyl (C=O) groups excluding carboxylic acids is 1. The first kappa shape index (κ1) is 15.5. The van der Waals surface area contributed by atoms with E-state index in [0.29, 0.717) is 32.6 Å². The van der Waals surface area contributed by atoms with Gasteiger partial charge in [0.1, 0.15) is 0 Å². The zero-order valence-electron chi connectivity index (χ0n) is 11.1. The molecule has 0 aliphatic heterocycles. The fourth-order valence-corrected chi connectivity index (χ4v) is 1.89. The van der Waals surface area contributed by atoms with Crippen LogP contribution < -0.4 is 10.6 Å². The number of carbonyl (C=O) groups is 2. The van der Waals surface area contributed by atoms with Crippen LogP contribution in [0.2, 0.25) is 0 Å². The van der Waals surface area contributed by atoms with Gasteiger partial charge in [0.15, 0.2) is 0 Å². The van der Waals surface area contributed by atoms with Crippen molar-refractivity contribution in [2.75, 3.05) is 26.3 Å². The molecule has 19 heavy (non-hydrogen) atoms. The van der Waals surface area contributed by atoms with Crippen LogP contribution in [0.15, 0.2) is 12.7 Å². The van der Waals surface area contributed by atoms with E-state index >= 15 is 0 Å². The van der Waals surface area contributed by atoms with Crippen molar-refractivity contribution in [2.24, 2.45) is 5.41 Å². The quantitative estimate of drug-likeness (QED) is 0.433. The van der Waals surface area contributed by atoms with E-state index in [4.69, 9.17) is 9.84 Å². The number of aliphatic carboxylic acids is 1. The number of carboxylic acid groups (broad SMARTS) is 1. The van der Waals surface area contributed by atoms with Crippen LogP contribution in [-0.2, 0) is 9.53 Å². The Balaban J connectivity index is 2.08. The van der Waals surface area contributed by atoms with Crippen molar-refractivity contribution < 1.29 is 19.4 Å². The van der Waals surface area contributed by atoms with Crippen molar-refractivity contribution in [3.8, 4) is 0 Å².